The van der Waals surface area contributed by atoms with Gasteiger partial charge in [-0.25, -0.2) is 0 Å². The lowest BCUT2D eigenvalue weighted by Crippen LogP contribution is -2.10. The standard InChI is InChI=1S/C8H9BrN2O/c9-7-2-4(10)1-5-6(7)3-11-8(5)12/h1-2,8,11-12H,3,10H2. The number of rotatable bonds is 0. The van der Waals surface area contributed by atoms with Crippen LogP contribution in [0.1, 0.15) is 17.4 Å². The number of nitrogens with two attached hydrogens (primary N) is 1. The maximum Gasteiger partial charge on any atom is 0.131 e. The van der Waals surface area contributed by atoms with Crippen molar-refractivity contribution in [2.24, 2.45) is 0 Å². The fraction of sp³-hybridized carbons (Fsp3) is 0.250. The summed E-state index contributed by atoms with van der Waals surface area (Å²) in [6.07, 6.45) is -0.570. The molecular formula is C8H9BrN2O. The largest absolute Gasteiger partial charge is 0.399 e. The van der Waals surface area contributed by atoms with Crippen LogP contribution in [0.3, 0.4) is 0 Å². The van der Waals surface area contributed by atoms with Gasteiger partial charge in [0, 0.05) is 22.3 Å². The van der Waals surface area contributed by atoms with Crippen molar-refractivity contribution in [3.8, 4) is 0 Å². The van der Waals surface area contributed by atoms with Gasteiger partial charge in [-0.1, -0.05) is 15.9 Å². The molecule has 0 amide bonds. The van der Waals surface area contributed by atoms with Crippen LogP contribution in [0.15, 0.2) is 16.6 Å². The minimum absolute atomic E-state index is 0.570. The van der Waals surface area contributed by atoms with Crippen LogP contribution in [-0.2, 0) is 6.54 Å². The average Bonchev–Trinajstić information content (AvgIpc) is 2.33. The number of halogens is 1. The molecule has 1 aromatic carbocycles. The topological polar surface area (TPSA) is 58.3 Å². The van der Waals surface area contributed by atoms with Crippen molar-refractivity contribution >= 4 is 21.6 Å². The van der Waals surface area contributed by atoms with Gasteiger partial charge in [-0.3, -0.25) is 5.32 Å². The zero-order valence-electron chi connectivity index (χ0n) is 6.34. The summed E-state index contributed by atoms with van der Waals surface area (Å²) in [5, 5.41) is 12.4. The van der Waals surface area contributed by atoms with E-state index in [4.69, 9.17) is 5.73 Å². The highest BCUT2D eigenvalue weighted by molar-refractivity contribution is 9.10. The van der Waals surface area contributed by atoms with Crippen LogP contribution in [0, 0.1) is 0 Å². The Balaban J connectivity index is 2.60. The molecule has 0 saturated heterocycles. The average molecular weight is 229 g/mol. The molecule has 12 heavy (non-hydrogen) atoms. The van der Waals surface area contributed by atoms with Crippen LogP contribution in [0.2, 0.25) is 0 Å². The van der Waals surface area contributed by atoms with Gasteiger partial charge in [0.15, 0.2) is 0 Å². The summed E-state index contributed by atoms with van der Waals surface area (Å²) in [7, 11) is 0. The Kier molecular flexibility index (Phi) is 1.83. The van der Waals surface area contributed by atoms with Crippen molar-refractivity contribution in [1.82, 2.24) is 5.32 Å². The lowest BCUT2D eigenvalue weighted by Gasteiger charge is -2.05. The molecule has 2 rings (SSSR count). The molecule has 0 bridgehead atoms. The van der Waals surface area contributed by atoms with E-state index in [1.807, 2.05) is 6.07 Å². The van der Waals surface area contributed by atoms with E-state index in [2.05, 4.69) is 21.2 Å². The number of nitrogen functional groups attached to an aromatic ring is 1. The van der Waals surface area contributed by atoms with Crippen molar-refractivity contribution in [3.05, 3.63) is 27.7 Å². The van der Waals surface area contributed by atoms with Crippen LogP contribution in [0.25, 0.3) is 0 Å². The molecule has 0 fully saturated rings. The SMILES string of the molecule is Nc1cc(Br)c2c(c1)C(O)NC2. The quantitative estimate of drug-likeness (QED) is 0.584. The summed E-state index contributed by atoms with van der Waals surface area (Å²) in [5.41, 5.74) is 8.27. The first kappa shape index (κ1) is 8.04. The third-order valence-electron chi connectivity index (χ3n) is 2.02. The number of aliphatic hydroxyl groups excluding tert-OH is 1. The van der Waals surface area contributed by atoms with E-state index in [1.54, 1.807) is 6.07 Å². The highest BCUT2D eigenvalue weighted by Gasteiger charge is 2.21. The zero-order valence-corrected chi connectivity index (χ0v) is 7.93. The predicted octanol–water partition coefficient (Wildman–Crippen LogP) is 1.13. The van der Waals surface area contributed by atoms with E-state index in [1.165, 1.54) is 0 Å². The molecule has 64 valence electrons. The first-order chi connectivity index (χ1) is 5.68. The molecule has 1 aliphatic heterocycles. The van der Waals surface area contributed by atoms with Crippen LogP contribution >= 0.6 is 15.9 Å². The third-order valence-corrected chi connectivity index (χ3v) is 2.73. The van der Waals surface area contributed by atoms with E-state index in [9.17, 15) is 5.11 Å². The third kappa shape index (κ3) is 1.12. The Labute approximate surface area is 78.7 Å². The minimum atomic E-state index is -0.570. The number of aliphatic hydroxyl groups is 1. The second kappa shape index (κ2) is 2.73. The smallest absolute Gasteiger partial charge is 0.131 e. The lowest BCUT2D eigenvalue weighted by atomic mass is 10.1. The fourth-order valence-corrected chi connectivity index (χ4v) is 2.05. The molecule has 4 heteroatoms. The van der Waals surface area contributed by atoms with Crippen LogP contribution in [0.5, 0.6) is 0 Å². The van der Waals surface area contributed by atoms with Gasteiger partial charge in [0.2, 0.25) is 0 Å². The van der Waals surface area contributed by atoms with Crippen molar-refractivity contribution in [2.45, 2.75) is 12.8 Å². The van der Waals surface area contributed by atoms with Crippen molar-refractivity contribution < 1.29 is 5.11 Å². The van der Waals surface area contributed by atoms with E-state index in [0.29, 0.717) is 12.2 Å². The van der Waals surface area contributed by atoms with Crippen LogP contribution < -0.4 is 11.1 Å². The second-order valence-electron chi connectivity index (χ2n) is 2.85. The Morgan fingerprint density at radius 1 is 1.58 bits per heavy atom. The molecule has 1 unspecified atom stereocenters. The molecule has 1 aromatic rings. The summed E-state index contributed by atoms with van der Waals surface area (Å²) >= 11 is 3.39. The van der Waals surface area contributed by atoms with Gasteiger partial charge in [0.05, 0.1) is 0 Å². The molecule has 3 nitrogen and oxygen atoms in total. The highest BCUT2D eigenvalue weighted by atomic mass is 79.9. The van der Waals surface area contributed by atoms with E-state index >= 15 is 0 Å². The van der Waals surface area contributed by atoms with E-state index in [-0.39, 0.29) is 0 Å². The molecule has 0 radical (unpaired) electrons. The molecule has 0 aliphatic carbocycles. The van der Waals surface area contributed by atoms with E-state index < -0.39 is 6.23 Å². The number of hydrogen-bond acceptors (Lipinski definition) is 3. The van der Waals surface area contributed by atoms with Crippen molar-refractivity contribution in [2.75, 3.05) is 5.73 Å². The number of nitrogens with one attached hydrogen (secondary N) is 1. The normalized spacial score (nSPS) is 21.0. The van der Waals surface area contributed by atoms with Gasteiger partial charge >= 0.3 is 0 Å². The van der Waals surface area contributed by atoms with Gasteiger partial charge in [-0.15, -0.1) is 0 Å². The Bertz CT molecular complexity index is 327. The number of hydrogen-bond donors (Lipinski definition) is 3. The van der Waals surface area contributed by atoms with Crippen LogP contribution in [0.4, 0.5) is 5.69 Å². The highest BCUT2D eigenvalue weighted by Crippen LogP contribution is 2.31. The molecule has 0 spiro atoms. The molecule has 1 aliphatic rings. The Morgan fingerprint density at radius 3 is 3.08 bits per heavy atom. The second-order valence-corrected chi connectivity index (χ2v) is 3.71. The molecule has 4 N–H and O–H groups in total. The summed E-state index contributed by atoms with van der Waals surface area (Å²) in [5.74, 6) is 0. The van der Waals surface area contributed by atoms with Gasteiger partial charge < -0.3 is 10.8 Å². The van der Waals surface area contributed by atoms with Crippen LogP contribution in [-0.4, -0.2) is 5.11 Å². The van der Waals surface area contributed by atoms with E-state index in [0.717, 1.165) is 15.6 Å². The Morgan fingerprint density at radius 2 is 2.33 bits per heavy atom. The molecule has 0 aromatic heterocycles. The van der Waals surface area contributed by atoms with Gasteiger partial charge in [0.1, 0.15) is 6.23 Å². The maximum atomic E-state index is 9.44. The first-order valence-corrected chi connectivity index (χ1v) is 4.47. The van der Waals surface area contributed by atoms with Gasteiger partial charge in [-0.2, -0.15) is 0 Å². The monoisotopic (exact) mass is 228 g/mol. The fourth-order valence-electron chi connectivity index (χ4n) is 1.42. The van der Waals surface area contributed by atoms with Gasteiger partial charge in [-0.05, 0) is 17.7 Å². The summed E-state index contributed by atoms with van der Waals surface area (Å²) in [4.78, 5) is 0. The van der Waals surface area contributed by atoms with Gasteiger partial charge in [0.25, 0.3) is 0 Å². The summed E-state index contributed by atoms with van der Waals surface area (Å²) in [6.45, 7) is 0.692. The molecule has 1 heterocycles. The Hall–Kier alpha value is -0.580. The number of fused-ring (bicyclic) bond motifs is 1. The number of anilines is 1. The lowest BCUT2D eigenvalue weighted by molar-refractivity contribution is 0.151. The molecule has 1 atom stereocenters. The molecule has 0 saturated carbocycles. The number of benzene rings is 1. The summed E-state index contributed by atoms with van der Waals surface area (Å²) in [6, 6.07) is 3.64. The predicted molar refractivity (Wildman–Crippen MR) is 50.4 cm³/mol. The molecular weight excluding hydrogens is 220 g/mol. The summed E-state index contributed by atoms with van der Waals surface area (Å²) < 4.78 is 0.960. The maximum absolute atomic E-state index is 9.44. The minimum Gasteiger partial charge on any atom is -0.399 e. The van der Waals surface area contributed by atoms with Crippen molar-refractivity contribution in [3.63, 3.8) is 0 Å². The zero-order chi connectivity index (χ0) is 8.72. The first-order valence-electron chi connectivity index (χ1n) is 3.68. The van der Waals surface area contributed by atoms with Crippen molar-refractivity contribution in [1.29, 1.82) is 0 Å².